The average Bonchev–Trinajstić information content (AvgIpc) is 2.73. The predicted molar refractivity (Wildman–Crippen MR) is 121 cm³/mol. The van der Waals surface area contributed by atoms with Gasteiger partial charge in [-0.25, -0.2) is 0 Å². The Morgan fingerprint density at radius 3 is 2.53 bits per heavy atom. The summed E-state index contributed by atoms with van der Waals surface area (Å²) in [5.74, 6) is 0.152. The lowest BCUT2D eigenvalue weighted by Crippen LogP contribution is -2.49. The molecule has 0 fully saturated rings. The molecular weight excluding hydrogens is 423 g/mol. The number of benzene rings is 2. The fourth-order valence-electron chi connectivity index (χ4n) is 2.92. The number of rotatable bonds is 9. The Morgan fingerprint density at radius 2 is 1.87 bits per heavy atom. The van der Waals surface area contributed by atoms with Gasteiger partial charge < -0.3 is 15.0 Å². The summed E-state index contributed by atoms with van der Waals surface area (Å²) in [6.45, 7) is 8.21. The van der Waals surface area contributed by atoms with Gasteiger partial charge in [0, 0.05) is 13.1 Å². The first-order valence-electron chi connectivity index (χ1n) is 9.94. The zero-order valence-electron chi connectivity index (χ0n) is 17.8. The molecule has 0 spiro atoms. The maximum absolute atomic E-state index is 13.1. The molecule has 2 aromatic carbocycles. The van der Waals surface area contributed by atoms with Crippen LogP contribution in [-0.4, -0.2) is 35.9 Å². The van der Waals surface area contributed by atoms with E-state index in [1.807, 2.05) is 39.0 Å². The zero-order valence-corrected chi connectivity index (χ0v) is 19.3. The van der Waals surface area contributed by atoms with E-state index in [0.29, 0.717) is 22.3 Å². The van der Waals surface area contributed by atoms with Crippen molar-refractivity contribution in [3.63, 3.8) is 0 Å². The minimum atomic E-state index is -0.666. The van der Waals surface area contributed by atoms with Gasteiger partial charge in [-0.3, -0.25) is 9.59 Å². The Labute approximate surface area is 188 Å². The third-order valence-electron chi connectivity index (χ3n) is 4.96. The van der Waals surface area contributed by atoms with Crippen LogP contribution in [0.5, 0.6) is 5.75 Å². The molecule has 0 aliphatic rings. The van der Waals surface area contributed by atoms with Crippen molar-refractivity contribution in [3.05, 3.63) is 63.1 Å². The molecule has 1 atom stereocenters. The van der Waals surface area contributed by atoms with Gasteiger partial charge in [0.25, 0.3) is 5.91 Å². The number of nitrogens with one attached hydrogen (secondary N) is 1. The highest BCUT2D eigenvalue weighted by molar-refractivity contribution is 6.42. The topological polar surface area (TPSA) is 58.6 Å². The van der Waals surface area contributed by atoms with Crippen LogP contribution in [0, 0.1) is 13.8 Å². The third-order valence-corrected chi connectivity index (χ3v) is 5.70. The van der Waals surface area contributed by atoms with Crippen LogP contribution in [0.15, 0.2) is 36.4 Å². The molecule has 0 saturated carbocycles. The highest BCUT2D eigenvalue weighted by atomic mass is 35.5. The molecular formula is C23H28Cl2N2O3. The van der Waals surface area contributed by atoms with E-state index in [1.165, 1.54) is 4.90 Å². The second-order valence-electron chi connectivity index (χ2n) is 7.22. The number of hydrogen-bond donors (Lipinski definition) is 1. The number of aryl methyl sites for hydroxylation is 1. The van der Waals surface area contributed by atoms with Crippen molar-refractivity contribution < 1.29 is 14.3 Å². The number of amides is 2. The van der Waals surface area contributed by atoms with E-state index < -0.39 is 6.04 Å². The van der Waals surface area contributed by atoms with Crippen LogP contribution in [0.25, 0.3) is 0 Å². The lowest BCUT2D eigenvalue weighted by molar-refractivity contribution is -0.142. The molecule has 5 nitrogen and oxygen atoms in total. The van der Waals surface area contributed by atoms with E-state index >= 15 is 0 Å². The van der Waals surface area contributed by atoms with Gasteiger partial charge >= 0.3 is 0 Å². The van der Waals surface area contributed by atoms with Crippen molar-refractivity contribution >= 4 is 35.0 Å². The van der Waals surface area contributed by atoms with Gasteiger partial charge in [-0.1, -0.05) is 48.3 Å². The van der Waals surface area contributed by atoms with Crippen LogP contribution >= 0.6 is 23.2 Å². The molecule has 0 heterocycles. The number of nitrogens with zero attached hydrogens (tertiary/aromatic N) is 1. The maximum atomic E-state index is 13.1. The van der Waals surface area contributed by atoms with Gasteiger partial charge in [-0.15, -0.1) is 0 Å². The van der Waals surface area contributed by atoms with Crippen LogP contribution in [0.3, 0.4) is 0 Å². The number of carbonyl (C=O) groups is 2. The highest BCUT2D eigenvalue weighted by Gasteiger charge is 2.26. The number of carbonyl (C=O) groups excluding carboxylic acids is 2. The molecule has 0 saturated heterocycles. The molecule has 2 aromatic rings. The number of hydrogen-bond acceptors (Lipinski definition) is 3. The molecule has 0 aliphatic carbocycles. The van der Waals surface area contributed by atoms with Crippen molar-refractivity contribution in [3.8, 4) is 5.75 Å². The normalized spacial score (nSPS) is 11.7. The minimum Gasteiger partial charge on any atom is -0.483 e. The third kappa shape index (κ3) is 6.38. The summed E-state index contributed by atoms with van der Waals surface area (Å²) in [4.78, 5) is 27.1. The van der Waals surface area contributed by atoms with Gasteiger partial charge in [0.1, 0.15) is 11.8 Å². The Kier molecular flexibility index (Phi) is 9.00. The Bertz CT molecular complexity index is 902. The largest absolute Gasteiger partial charge is 0.483 e. The summed E-state index contributed by atoms with van der Waals surface area (Å²) in [5, 5.41) is 3.68. The Morgan fingerprint density at radius 1 is 1.13 bits per heavy atom. The van der Waals surface area contributed by atoms with E-state index in [2.05, 4.69) is 5.32 Å². The fourth-order valence-corrected chi connectivity index (χ4v) is 3.24. The first kappa shape index (κ1) is 24.0. The van der Waals surface area contributed by atoms with Crippen LogP contribution in [0.4, 0.5) is 0 Å². The molecule has 1 N–H and O–H groups in total. The van der Waals surface area contributed by atoms with E-state index in [0.717, 1.165) is 23.1 Å². The first-order valence-corrected chi connectivity index (χ1v) is 10.7. The van der Waals surface area contributed by atoms with E-state index in [-0.39, 0.29) is 25.0 Å². The van der Waals surface area contributed by atoms with Crippen molar-refractivity contribution in [2.24, 2.45) is 0 Å². The zero-order chi connectivity index (χ0) is 22.3. The number of ether oxygens (including phenoxy) is 1. The van der Waals surface area contributed by atoms with Crippen LogP contribution < -0.4 is 10.1 Å². The van der Waals surface area contributed by atoms with Crippen molar-refractivity contribution in [2.45, 2.75) is 46.7 Å². The predicted octanol–water partition coefficient (Wildman–Crippen LogP) is 4.93. The molecule has 162 valence electrons. The standard InChI is InChI=1S/C23H28Cl2N2O3/c1-5-11-26-23(29)17(4)27(13-18-9-10-19(24)20(25)12-18)22(28)14-30-21-8-6-7-15(2)16(21)3/h6-10,12,17H,5,11,13-14H2,1-4H3,(H,26,29). The van der Waals surface area contributed by atoms with Crippen LogP contribution in [0.2, 0.25) is 10.0 Å². The van der Waals surface area contributed by atoms with Crippen molar-refractivity contribution in [1.29, 1.82) is 0 Å². The summed E-state index contributed by atoms with van der Waals surface area (Å²) in [6, 6.07) is 10.2. The van der Waals surface area contributed by atoms with Crippen LogP contribution in [0.1, 0.15) is 37.0 Å². The Balaban J connectivity index is 2.19. The summed E-state index contributed by atoms with van der Waals surface area (Å²) >= 11 is 12.1. The second kappa shape index (κ2) is 11.2. The van der Waals surface area contributed by atoms with Gasteiger partial charge in [0.05, 0.1) is 10.0 Å². The molecule has 2 amide bonds. The molecule has 0 radical (unpaired) electrons. The van der Waals surface area contributed by atoms with Crippen LogP contribution in [-0.2, 0) is 16.1 Å². The summed E-state index contributed by atoms with van der Waals surface area (Å²) in [5.41, 5.74) is 2.84. The lowest BCUT2D eigenvalue weighted by atomic mass is 10.1. The molecule has 30 heavy (non-hydrogen) atoms. The van der Waals surface area contributed by atoms with Gasteiger partial charge in [0.15, 0.2) is 6.61 Å². The molecule has 1 unspecified atom stereocenters. The van der Waals surface area contributed by atoms with Crippen molar-refractivity contribution in [2.75, 3.05) is 13.2 Å². The SMILES string of the molecule is CCCNC(=O)C(C)N(Cc1ccc(Cl)c(Cl)c1)C(=O)COc1cccc(C)c1C. The molecule has 7 heteroatoms. The first-order chi connectivity index (χ1) is 14.2. The molecule has 2 rings (SSSR count). The summed E-state index contributed by atoms with van der Waals surface area (Å²) in [6.07, 6.45) is 0.814. The number of halogens is 2. The smallest absolute Gasteiger partial charge is 0.261 e. The average molecular weight is 451 g/mol. The quantitative estimate of drug-likeness (QED) is 0.588. The van der Waals surface area contributed by atoms with Crippen molar-refractivity contribution in [1.82, 2.24) is 10.2 Å². The van der Waals surface area contributed by atoms with Gasteiger partial charge in [-0.2, -0.15) is 0 Å². The van der Waals surface area contributed by atoms with E-state index in [1.54, 1.807) is 25.1 Å². The highest BCUT2D eigenvalue weighted by Crippen LogP contribution is 2.24. The molecule has 0 aromatic heterocycles. The lowest BCUT2D eigenvalue weighted by Gasteiger charge is -2.29. The Hall–Kier alpha value is -2.24. The fraction of sp³-hybridized carbons (Fsp3) is 0.391. The summed E-state index contributed by atoms with van der Waals surface area (Å²) in [7, 11) is 0. The molecule has 0 bridgehead atoms. The second-order valence-corrected chi connectivity index (χ2v) is 8.04. The monoisotopic (exact) mass is 450 g/mol. The summed E-state index contributed by atoms with van der Waals surface area (Å²) < 4.78 is 5.78. The van der Waals surface area contributed by atoms with Gasteiger partial charge in [-0.05, 0) is 62.1 Å². The minimum absolute atomic E-state index is 0.170. The maximum Gasteiger partial charge on any atom is 0.261 e. The van der Waals surface area contributed by atoms with Gasteiger partial charge in [0.2, 0.25) is 5.91 Å². The van der Waals surface area contributed by atoms with E-state index in [4.69, 9.17) is 27.9 Å². The van der Waals surface area contributed by atoms with E-state index in [9.17, 15) is 9.59 Å². The molecule has 0 aliphatic heterocycles.